The van der Waals surface area contributed by atoms with Crippen molar-refractivity contribution in [1.82, 2.24) is 15.5 Å². The first-order valence-corrected chi connectivity index (χ1v) is 11.7. The van der Waals surface area contributed by atoms with Crippen LogP contribution in [0.3, 0.4) is 0 Å². The van der Waals surface area contributed by atoms with Crippen LogP contribution in [0.2, 0.25) is 0 Å². The van der Waals surface area contributed by atoms with Crippen LogP contribution in [0.25, 0.3) is 0 Å². The number of benzene rings is 1. The van der Waals surface area contributed by atoms with Crippen LogP contribution in [0.4, 0.5) is 4.79 Å². The zero-order valence-electron chi connectivity index (χ0n) is 15.8. The van der Waals surface area contributed by atoms with E-state index in [4.69, 9.17) is 5.14 Å². The second-order valence-electron chi connectivity index (χ2n) is 6.93. The van der Waals surface area contributed by atoms with Gasteiger partial charge in [0.1, 0.15) is 0 Å². The average molecular weight is 437 g/mol. The summed E-state index contributed by atoms with van der Waals surface area (Å²) in [6, 6.07) is 9.81. The van der Waals surface area contributed by atoms with E-state index in [-0.39, 0.29) is 29.3 Å². The number of hydrogen-bond donors (Lipinski definition) is 3. The van der Waals surface area contributed by atoms with E-state index in [1.54, 1.807) is 28.4 Å². The third kappa shape index (κ3) is 6.02. The molecule has 0 spiro atoms. The molecule has 1 unspecified atom stereocenters. The second-order valence-corrected chi connectivity index (χ2v) is 9.52. The molecule has 2 aromatic rings. The Hall–Kier alpha value is -2.43. The molecule has 1 aliphatic heterocycles. The van der Waals surface area contributed by atoms with Gasteiger partial charge in [0.25, 0.3) is 0 Å². The van der Waals surface area contributed by atoms with Gasteiger partial charge >= 0.3 is 6.03 Å². The van der Waals surface area contributed by atoms with Gasteiger partial charge < -0.3 is 15.5 Å². The number of primary sulfonamides is 1. The summed E-state index contributed by atoms with van der Waals surface area (Å²) in [6.07, 6.45) is 1.50. The summed E-state index contributed by atoms with van der Waals surface area (Å²) in [6.45, 7) is 1.78. The minimum atomic E-state index is -3.73. The molecule has 1 aromatic carbocycles. The van der Waals surface area contributed by atoms with Gasteiger partial charge in [0.2, 0.25) is 15.9 Å². The van der Waals surface area contributed by atoms with E-state index in [1.807, 2.05) is 17.5 Å². The van der Waals surface area contributed by atoms with E-state index in [0.29, 0.717) is 19.6 Å². The number of sulfonamides is 1. The van der Waals surface area contributed by atoms with Crippen molar-refractivity contribution < 1.29 is 18.0 Å². The predicted molar refractivity (Wildman–Crippen MR) is 111 cm³/mol. The number of urea groups is 1. The van der Waals surface area contributed by atoms with Crippen LogP contribution in [0, 0.1) is 5.92 Å². The maximum Gasteiger partial charge on any atom is 0.317 e. The molecular formula is C19H24N4O4S2. The Labute approximate surface area is 174 Å². The molecule has 2 heterocycles. The number of hydrogen-bond acceptors (Lipinski definition) is 5. The molecule has 1 atom stereocenters. The zero-order valence-corrected chi connectivity index (χ0v) is 17.5. The van der Waals surface area contributed by atoms with E-state index in [1.165, 1.54) is 12.1 Å². The Kier molecular flexibility index (Phi) is 6.88. The van der Waals surface area contributed by atoms with Gasteiger partial charge in [-0.05, 0) is 42.0 Å². The molecule has 1 aromatic heterocycles. The highest BCUT2D eigenvalue weighted by Crippen LogP contribution is 2.17. The topological polar surface area (TPSA) is 122 Å². The van der Waals surface area contributed by atoms with Crippen LogP contribution in [0.15, 0.2) is 46.7 Å². The summed E-state index contributed by atoms with van der Waals surface area (Å²) in [5, 5.41) is 12.8. The molecule has 0 bridgehead atoms. The fourth-order valence-electron chi connectivity index (χ4n) is 3.19. The third-order valence-corrected chi connectivity index (χ3v) is 6.60. The van der Waals surface area contributed by atoms with Crippen LogP contribution in [0.1, 0.15) is 23.3 Å². The predicted octanol–water partition coefficient (Wildman–Crippen LogP) is 1.63. The minimum absolute atomic E-state index is 0.0315. The zero-order chi connectivity index (χ0) is 20.9. The Morgan fingerprint density at radius 3 is 2.55 bits per heavy atom. The van der Waals surface area contributed by atoms with Crippen LogP contribution in [0.5, 0.6) is 0 Å². The number of nitrogens with zero attached hydrogens (tertiary/aromatic N) is 1. The molecular weight excluding hydrogens is 412 g/mol. The van der Waals surface area contributed by atoms with Gasteiger partial charge in [-0.15, -0.1) is 11.3 Å². The van der Waals surface area contributed by atoms with Gasteiger partial charge in [-0.3, -0.25) is 4.79 Å². The number of carbonyl (C=O) groups is 2. The van der Waals surface area contributed by atoms with Crippen molar-refractivity contribution in [2.45, 2.75) is 30.8 Å². The number of thiophene rings is 1. The first-order valence-electron chi connectivity index (χ1n) is 9.27. The van der Waals surface area contributed by atoms with Crippen molar-refractivity contribution in [3.63, 3.8) is 0 Å². The third-order valence-electron chi connectivity index (χ3n) is 4.79. The smallest absolute Gasteiger partial charge is 0.317 e. The van der Waals surface area contributed by atoms with Crippen molar-refractivity contribution in [3.05, 3.63) is 52.2 Å². The average Bonchev–Trinajstić information content (AvgIpc) is 3.23. The van der Waals surface area contributed by atoms with Gasteiger partial charge in [0.15, 0.2) is 0 Å². The lowest BCUT2D eigenvalue weighted by atomic mass is 9.97. The summed E-state index contributed by atoms with van der Waals surface area (Å²) in [5.41, 5.74) is 0.770. The normalized spacial score (nSPS) is 17.0. The van der Waals surface area contributed by atoms with Crippen molar-refractivity contribution in [2.75, 3.05) is 13.1 Å². The molecule has 4 N–H and O–H groups in total. The lowest BCUT2D eigenvalue weighted by molar-refractivity contribution is -0.126. The molecule has 8 nitrogen and oxygen atoms in total. The monoisotopic (exact) mass is 436 g/mol. The van der Waals surface area contributed by atoms with Gasteiger partial charge in [-0.2, -0.15) is 0 Å². The van der Waals surface area contributed by atoms with Crippen LogP contribution < -0.4 is 15.8 Å². The number of rotatable bonds is 6. The van der Waals surface area contributed by atoms with Gasteiger partial charge in [-0.25, -0.2) is 18.4 Å². The summed E-state index contributed by atoms with van der Waals surface area (Å²) in [7, 11) is -3.73. The Morgan fingerprint density at radius 1 is 1.14 bits per heavy atom. The first kappa shape index (κ1) is 21.3. The summed E-state index contributed by atoms with van der Waals surface area (Å²) < 4.78 is 22.6. The molecule has 0 saturated carbocycles. The molecule has 3 amide bonds. The summed E-state index contributed by atoms with van der Waals surface area (Å²) in [5.74, 6) is -0.379. The maximum absolute atomic E-state index is 12.5. The molecule has 156 valence electrons. The van der Waals surface area contributed by atoms with Gasteiger partial charge in [0, 0.05) is 24.5 Å². The summed E-state index contributed by atoms with van der Waals surface area (Å²) in [4.78, 5) is 27.7. The Balaban J connectivity index is 1.48. The van der Waals surface area contributed by atoms with Crippen LogP contribution in [-0.2, 0) is 27.9 Å². The molecule has 10 heteroatoms. The standard InChI is InChI=1S/C19H24N4O4S2/c20-29(26,27)17-7-5-14(6-8-17)11-21-18(24)15-3-1-9-23(13-15)19(25)22-12-16-4-2-10-28-16/h2,4-8,10,15H,1,3,9,11-13H2,(H,21,24)(H,22,25)(H2,20,26,27). The highest BCUT2D eigenvalue weighted by Gasteiger charge is 2.28. The number of piperidine rings is 1. The van der Waals surface area contributed by atoms with E-state index in [9.17, 15) is 18.0 Å². The molecule has 0 aliphatic carbocycles. The molecule has 3 rings (SSSR count). The van der Waals surface area contributed by atoms with Crippen LogP contribution >= 0.6 is 11.3 Å². The first-order chi connectivity index (χ1) is 13.8. The molecule has 1 saturated heterocycles. The van der Waals surface area contributed by atoms with E-state index < -0.39 is 10.0 Å². The number of amides is 3. The van der Waals surface area contributed by atoms with E-state index in [0.717, 1.165) is 23.3 Å². The number of nitrogens with one attached hydrogen (secondary N) is 2. The SMILES string of the molecule is NS(=O)(=O)c1ccc(CNC(=O)C2CCCN(C(=O)NCc3cccs3)C2)cc1. The molecule has 29 heavy (non-hydrogen) atoms. The highest BCUT2D eigenvalue weighted by atomic mass is 32.2. The number of nitrogens with two attached hydrogens (primary N) is 1. The minimum Gasteiger partial charge on any atom is -0.352 e. The Morgan fingerprint density at radius 2 is 1.90 bits per heavy atom. The van der Waals surface area contributed by atoms with Crippen molar-refractivity contribution in [2.24, 2.45) is 11.1 Å². The lowest BCUT2D eigenvalue weighted by Crippen LogP contribution is -2.48. The highest BCUT2D eigenvalue weighted by molar-refractivity contribution is 7.89. The van der Waals surface area contributed by atoms with Gasteiger partial charge in [-0.1, -0.05) is 18.2 Å². The Bertz CT molecular complexity index is 943. The van der Waals surface area contributed by atoms with Gasteiger partial charge in [0.05, 0.1) is 17.4 Å². The molecule has 0 radical (unpaired) electrons. The maximum atomic E-state index is 12.5. The number of carbonyl (C=O) groups excluding carboxylic acids is 2. The number of likely N-dealkylation sites (tertiary alicyclic amines) is 1. The molecule has 1 aliphatic rings. The fourth-order valence-corrected chi connectivity index (χ4v) is 4.35. The quantitative estimate of drug-likeness (QED) is 0.637. The summed E-state index contributed by atoms with van der Waals surface area (Å²) >= 11 is 1.59. The van der Waals surface area contributed by atoms with Crippen molar-refractivity contribution in [3.8, 4) is 0 Å². The van der Waals surface area contributed by atoms with Crippen molar-refractivity contribution >= 4 is 33.3 Å². The van der Waals surface area contributed by atoms with E-state index in [2.05, 4.69) is 10.6 Å². The van der Waals surface area contributed by atoms with Crippen molar-refractivity contribution in [1.29, 1.82) is 0 Å². The molecule has 1 fully saturated rings. The largest absolute Gasteiger partial charge is 0.352 e. The fraction of sp³-hybridized carbons (Fsp3) is 0.368. The van der Waals surface area contributed by atoms with E-state index >= 15 is 0 Å². The second kappa shape index (κ2) is 9.38. The lowest BCUT2D eigenvalue weighted by Gasteiger charge is -2.32. The van der Waals surface area contributed by atoms with Crippen LogP contribution in [-0.4, -0.2) is 38.3 Å².